The summed E-state index contributed by atoms with van der Waals surface area (Å²) >= 11 is 0. The van der Waals surface area contributed by atoms with Crippen molar-refractivity contribution >= 4 is 20.8 Å². The van der Waals surface area contributed by atoms with Gasteiger partial charge >= 0.3 is 11.9 Å². The minimum absolute atomic E-state index is 0.0144. The number of hydrogen-bond donors (Lipinski definition) is 1. The zero-order valence-electron chi connectivity index (χ0n) is 13.7. The van der Waals surface area contributed by atoms with Gasteiger partial charge in [0.2, 0.25) is 5.78 Å². The SMILES string of the molecule is CCCC(=O)OCC(COPOCC[NH3+])CC(=O)C(F)(F)CC. The van der Waals surface area contributed by atoms with Gasteiger partial charge in [0, 0.05) is 25.2 Å². The molecule has 0 aliphatic carbocycles. The molecule has 6 nitrogen and oxygen atoms in total. The van der Waals surface area contributed by atoms with Crippen LogP contribution in [0.1, 0.15) is 39.5 Å². The normalized spacial score (nSPS) is 13.4. The smallest absolute Gasteiger partial charge is 0.305 e. The highest BCUT2D eigenvalue weighted by Crippen LogP contribution is 2.24. The van der Waals surface area contributed by atoms with Gasteiger partial charge in [-0.1, -0.05) is 13.8 Å². The number of quaternary nitrogens is 1. The van der Waals surface area contributed by atoms with E-state index >= 15 is 0 Å². The van der Waals surface area contributed by atoms with Gasteiger partial charge in [0.15, 0.2) is 9.03 Å². The van der Waals surface area contributed by atoms with Crippen molar-refractivity contribution in [2.75, 3.05) is 26.4 Å². The predicted octanol–water partition coefficient (Wildman–Crippen LogP) is 1.73. The summed E-state index contributed by atoms with van der Waals surface area (Å²) < 4.78 is 42.1. The summed E-state index contributed by atoms with van der Waals surface area (Å²) in [5.74, 6) is -5.56. The van der Waals surface area contributed by atoms with Crippen molar-refractivity contribution in [2.24, 2.45) is 5.92 Å². The molecule has 9 heteroatoms. The first-order valence-corrected chi connectivity index (χ1v) is 8.53. The third-order valence-electron chi connectivity index (χ3n) is 2.94. The second-order valence-electron chi connectivity index (χ2n) is 5.08. The summed E-state index contributed by atoms with van der Waals surface area (Å²) in [7, 11) is -0.265. The van der Waals surface area contributed by atoms with E-state index in [0.717, 1.165) is 0 Å². The highest BCUT2D eigenvalue weighted by molar-refractivity contribution is 7.26. The summed E-state index contributed by atoms with van der Waals surface area (Å²) in [4.78, 5) is 23.0. The van der Waals surface area contributed by atoms with E-state index < -0.39 is 36.4 Å². The van der Waals surface area contributed by atoms with Crippen molar-refractivity contribution in [1.82, 2.24) is 0 Å². The molecule has 0 aromatic carbocycles. The molecule has 0 rings (SSSR count). The number of ether oxygens (including phenoxy) is 1. The van der Waals surface area contributed by atoms with Crippen LogP contribution in [-0.2, 0) is 23.4 Å². The number of esters is 1. The minimum Gasteiger partial charge on any atom is -0.465 e. The molecule has 2 unspecified atom stereocenters. The fourth-order valence-electron chi connectivity index (χ4n) is 1.57. The number of carbonyl (C=O) groups is 2. The average molecular weight is 358 g/mol. The van der Waals surface area contributed by atoms with Crippen LogP contribution >= 0.6 is 9.03 Å². The molecular formula is C14H27F2NO5P+. The van der Waals surface area contributed by atoms with Crippen LogP contribution in [0.4, 0.5) is 8.78 Å². The Morgan fingerprint density at radius 3 is 2.48 bits per heavy atom. The number of carbonyl (C=O) groups excluding carboxylic acids is 2. The van der Waals surface area contributed by atoms with Crippen molar-refractivity contribution in [2.45, 2.75) is 45.5 Å². The summed E-state index contributed by atoms with van der Waals surface area (Å²) in [6.07, 6.45) is -0.0719. The van der Waals surface area contributed by atoms with Crippen molar-refractivity contribution in [3.05, 3.63) is 0 Å². The van der Waals surface area contributed by atoms with Crippen LogP contribution in [0.25, 0.3) is 0 Å². The van der Waals surface area contributed by atoms with Crippen LogP contribution in [0.15, 0.2) is 0 Å². The lowest BCUT2D eigenvalue weighted by molar-refractivity contribution is -0.370. The molecule has 0 aliphatic heterocycles. The van der Waals surface area contributed by atoms with Crippen molar-refractivity contribution in [1.29, 1.82) is 0 Å². The Morgan fingerprint density at radius 2 is 1.91 bits per heavy atom. The number of ketones is 1. The van der Waals surface area contributed by atoms with Crippen LogP contribution in [0.3, 0.4) is 0 Å². The molecule has 2 atom stereocenters. The lowest BCUT2D eigenvalue weighted by atomic mass is 9.99. The topological polar surface area (TPSA) is 89.5 Å². The second kappa shape index (κ2) is 12.7. The maximum atomic E-state index is 13.4. The van der Waals surface area contributed by atoms with Crippen LogP contribution in [0, 0.1) is 5.92 Å². The number of alkyl halides is 2. The zero-order valence-corrected chi connectivity index (χ0v) is 14.7. The van der Waals surface area contributed by atoms with E-state index in [4.69, 9.17) is 13.8 Å². The summed E-state index contributed by atoms with van der Waals surface area (Å²) in [6, 6.07) is 0. The standard InChI is InChI=1S/C14H26F2NO5P/c1-3-5-13(19)20-9-11(10-22-23-21-7-6-17)8-12(18)14(15,16)4-2/h11,23H,3-10,17H2,1-2H3/p+1. The van der Waals surface area contributed by atoms with E-state index in [1.54, 1.807) is 0 Å². The number of Topliss-reactive ketones (excluding diaryl/α,β-unsaturated/α-hetero) is 1. The van der Waals surface area contributed by atoms with Crippen LogP contribution in [-0.4, -0.2) is 44.0 Å². The highest BCUT2D eigenvalue weighted by Gasteiger charge is 2.37. The summed E-state index contributed by atoms with van der Waals surface area (Å²) in [6.45, 7) is 3.99. The van der Waals surface area contributed by atoms with Crippen LogP contribution in [0.5, 0.6) is 0 Å². The number of halogens is 2. The fraction of sp³-hybridized carbons (Fsp3) is 0.857. The maximum absolute atomic E-state index is 13.4. The first-order valence-electron chi connectivity index (χ1n) is 7.71. The van der Waals surface area contributed by atoms with Crippen LogP contribution < -0.4 is 5.73 Å². The Kier molecular flexibility index (Phi) is 12.3. The van der Waals surface area contributed by atoms with Gasteiger partial charge in [0.25, 0.3) is 0 Å². The molecule has 136 valence electrons. The Labute approximate surface area is 137 Å². The summed E-state index contributed by atoms with van der Waals surface area (Å²) in [5, 5.41) is 0. The van der Waals surface area contributed by atoms with E-state index in [9.17, 15) is 18.4 Å². The molecule has 0 aromatic heterocycles. The fourth-order valence-corrected chi connectivity index (χ4v) is 2.18. The molecule has 23 heavy (non-hydrogen) atoms. The Morgan fingerprint density at radius 1 is 1.22 bits per heavy atom. The third kappa shape index (κ3) is 10.7. The molecule has 0 aliphatic rings. The van der Waals surface area contributed by atoms with Crippen molar-refractivity contribution in [3.63, 3.8) is 0 Å². The molecule has 0 spiro atoms. The lowest BCUT2D eigenvalue weighted by Gasteiger charge is -2.19. The predicted molar refractivity (Wildman–Crippen MR) is 82.2 cm³/mol. The molecule has 0 radical (unpaired) electrons. The van der Waals surface area contributed by atoms with Gasteiger partial charge in [-0.15, -0.1) is 0 Å². The monoisotopic (exact) mass is 358 g/mol. The molecule has 0 saturated heterocycles. The van der Waals surface area contributed by atoms with E-state index in [1.165, 1.54) is 6.92 Å². The van der Waals surface area contributed by atoms with Gasteiger partial charge < -0.3 is 19.5 Å². The van der Waals surface area contributed by atoms with E-state index in [2.05, 4.69) is 5.73 Å². The largest absolute Gasteiger partial charge is 0.465 e. The van der Waals surface area contributed by atoms with Gasteiger partial charge in [0.1, 0.15) is 6.61 Å². The Bertz CT molecular complexity index is 358. The molecule has 0 bridgehead atoms. The van der Waals surface area contributed by atoms with Gasteiger partial charge in [-0.25, -0.2) is 0 Å². The first-order chi connectivity index (χ1) is 10.9. The summed E-state index contributed by atoms with van der Waals surface area (Å²) in [5.41, 5.74) is 3.60. The minimum atomic E-state index is -3.36. The molecule has 0 fully saturated rings. The first kappa shape index (κ1) is 22.3. The maximum Gasteiger partial charge on any atom is 0.305 e. The average Bonchev–Trinajstić information content (AvgIpc) is 2.52. The molecule has 0 aromatic rings. The molecule has 0 saturated carbocycles. The third-order valence-corrected chi connectivity index (χ3v) is 3.55. The van der Waals surface area contributed by atoms with Crippen LogP contribution in [0.2, 0.25) is 0 Å². The number of hydrogen-bond acceptors (Lipinski definition) is 5. The van der Waals surface area contributed by atoms with E-state index in [1.807, 2.05) is 6.92 Å². The second-order valence-corrected chi connectivity index (χ2v) is 5.82. The Balaban J connectivity index is 4.41. The highest BCUT2D eigenvalue weighted by atomic mass is 31.1. The van der Waals surface area contributed by atoms with E-state index in [-0.39, 0.29) is 28.7 Å². The van der Waals surface area contributed by atoms with Gasteiger partial charge in [0.05, 0.1) is 19.8 Å². The molecule has 0 amide bonds. The van der Waals surface area contributed by atoms with Crippen molar-refractivity contribution in [3.8, 4) is 0 Å². The quantitative estimate of drug-likeness (QED) is 0.290. The molecule has 0 heterocycles. The van der Waals surface area contributed by atoms with Gasteiger partial charge in [-0.05, 0) is 6.42 Å². The van der Waals surface area contributed by atoms with Gasteiger partial charge in [-0.3, -0.25) is 9.59 Å². The Hall–Kier alpha value is -0.690. The lowest BCUT2D eigenvalue weighted by Crippen LogP contribution is -2.52. The molecular weight excluding hydrogens is 331 g/mol. The molecule has 3 N–H and O–H groups in total. The van der Waals surface area contributed by atoms with Crippen molar-refractivity contribution < 1.29 is 37.9 Å². The number of rotatable bonds is 14. The van der Waals surface area contributed by atoms with E-state index in [0.29, 0.717) is 19.6 Å². The zero-order chi connectivity index (χ0) is 17.7. The van der Waals surface area contributed by atoms with Gasteiger partial charge in [-0.2, -0.15) is 8.78 Å².